The minimum Gasteiger partial charge on any atom is -0.489 e. The number of hydrogen-bond donors (Lipinski definition) is 1. The topological polar surface area (TPSA) is 34.4 Å². The smallest absolute Gasteiger partial charge is 0.120 e. The molecule has 100 valence electrons. The van der Waals surface area contributed by atoms with Crippen LogP contribution in [0.5, 0.6) is 5.75 Å². The average molecular weight is 257 g/mol. The van der Waals surface area contributed by atoms with Crippen LogP contribution in [0.25, 0.3) is 0 Å². The molecule has 0 amide bonds. The van der Waals surface area contributed by atoms with E-state index in [1.54, 1.807) is 6.26 Å². The maximum Gasteiger partial charge on any atom is 0.120 e. The SMILES string of the molecule is C=C(C)COc1cccc(CNCc2ccco2)c1. The molecule has 1 aromatic carbocycles. The summed E-state index contributed by atoms with van der Waals surface area (Å²) in [6, 6.07) is 11.9. The number of benzene rings is 1. The van der Waals surface area contributed by atoms with E-state index in [2.05, 4.69) is 18.0 Å². The minimum atomic E-state index is 0.559. The van der Waals surface area contributed by atoms with Gasteiger partial charge in [-0.1, -0.05) is 18.7 Å². The Labute approximate surface area is 113 Å². The van der Waals surface area contributed by atoms with Gasteiger partial charge in [-0.15, -0.1) is 0 Å². The van der Waals surface area contributed by atoms with E-state index in [1.807, 2.05) is 37.3 Å². The van der Waals surface area contributed by atoms with Crippen molar-refractivity contribution in [2.45, 2.75) is 20.0 Å². The molecule has 1 aromatic heterocycles. The summed E-state index contributed by atoms with van der Waals surface area (Å²) >= 11 is 0. The van der Waals surface area contributed by atoms with Crippen LogP contribution in [0, 0.1) is 0 Å². The van der Waals surface area contributed by atoms with E-state index >= 15 is 0 Å². The standard InChI is InChI=1S/C16H19NO2/c1-13(2)12-19-15-6-3-5-14(9-15)10-17-11-16-7-4-8-18-16/h3-9,17H,1,10-12H2,2H3. The Morgan fingerprint density at radius 3 is 2.89 bits per heavy atom. The second-order valence-corrected chi connectivity index (χ2v) is 4.58. The molecule has 0 spiro atoms. The predicted molar refractivity (Wildman–Crippen MR) is 76.0 cm³/mol. The molecule has 3 nitrogen and oxygen atoms in total. The van der Waals surface area contributed by atoms with Gasteiger partial charge >= 0.3 is 0 Å². The van der Waals surface area contributed by atoms with Crippen molar-refractivity contribution in [3.05, 3.63) is 66.1 Å². The van der Waals surface area contributed by atoms with E-state index in [0.717, 1.165) is 30.2 Å². The molecule has 3 heteroatoms. The van der Waals surface area contributed by atoms with E-state index < -0.39 is 0 Å². The monoisotopic (exact) mass is 257 g/mol. The van der Waals surface area contributed by atoms with E-state index in [0.29, 0.717) is 6.61 Å². The first-order valence-electron chi connectivity index (χ1n) is 6.33. The molecule has 0 aliphatic carbocycles. The summed E-state index contributed by atoms with van der Waals surface area (Å²) in [5.74, 6) is 1.81. The Hall–Kier alpha value is -2.00. The lowest BCUT2D eigenvalue weighted by atomic mass is 10.2. The van der Waals surface area contributed by atoms with Crippen LogP contribution in [0.4, 0.5) is 0 Å². The molecule has 1 N–H and O–H groups in total. The normalized spacial score (nSPS) is 10.4. The third-order valence-electron chi connectivity index (χ3n) is 2.59. The zero-order valence-corrected chi connectivity index (χ0v) is 11.2. The Morgan fingerprint density at radius 2 is 2.16 bits per heavy atom. The quantitative estimate of drug-likeness (QED) is 0.771. The highest BCUT2D eigenvalue weighted by atomic mass is 16.5. The van der Waals surface area contributed by atoms with Gasteiger partial charge in [0.05, 0.1) is 12.8 Å². The van der Waals surface area contributed by atoms with E-state index in [4.69, 9.17) is 9.15 Å². The second kappa shape index (κ2) is 6.81. The molecule has 0 radical (unpaired) electrons. The van der Waals surface area contributed by atoms with Gasteiger partial charge in [-0.3, -0.25) is 0 Å². The van der Waals surface area contributed by atoms with Gasteiger partial charge in [-0.25, -0.2) is 0 Å². The highest BCUT2D eigenvalue weighted by Gasteiger charge is 1.99. The Morgan fingerprint density at radius 1 is 1.26 bits per heavy atom. The Balaban J connectivity index is 1.82. The van der Waals surface area contributed by atoms with Gasteiger partial charge in [0.1, 0.15) is 18.1 Å². The van der Waals surface area contributed by atoms with Crippen LogP contribution in [-0.4, -0.2) is 6.61 Å². The molecule has 1 heterocycles. The highest BCUT2D eigenvalue weighted by molar-refractivity contribution is 5.28. The van der Waals surface area contributed by atoms with Crippen molar-refractivity contribution >= 4 is 0 Å². The number of hydrogen-bond acceptors (Lipinski definition) is 3. The Bertz CT molecular complexity index is 517. The summed E-state index contributed by atoms with van der Waals surface area (Å²) < 4.78 is 10.9. The van der Waals surface area contributed by atoms with Crippen molar-refractivity contribution in [3.8, 4) is 5.75 Å². The van der Waals surface area contributed by atoms with Crippen LogP contribution in [0.2, 0.25) is 0 Å². The number of furan rings is 1. The lowest BCUT2D eigenvalue weighted by molar-refractivity contribution is 0.352. The third kappa shape index (κ3) is 4.64. The first-order valence-corrected chi connectivity index (χ1v) is 6.33. The lowest BCUT2D eigenvalue weighted by Crippen LogP contribution is -2.12. The zero-order valence-electron chi connectivity index (χ0n) is 11.2. The van der Waals surface area contributed by atoms with Crippen LogP contribution in [-0.2, 0) is 13.1 Å². The van der Waals surface area contributed by atoms with Gasteiger partial charge in [0, 0.05) is 6.54 Å². The average Bonchev–Trinajstić information content (AvgIpc) is 2.90. The van der Waals surface area contributed by atoms with Crippen LogP contribution in [0.15, 0.2) is 59.2 Å². The summed E-state index contributed by atoms with van der Waals surface area (Å²) in [6.07, 6.45) is 1.68. The number of nitrogens with one attached hydrogen (secondary N) is 1. The molecule has 19 heavy (non-hydrogen) atoms. The summed E-state index contributed by atoms with van der Waals surface area (Å²) in [5.41, 5.74) is 2.20. The first-order chi connectivity index (χ1) is 9.24. The van der Waals surface area contributed by atoms with Gasteiger partial charge in [-0.2, -0.15) is 0 Å². The van der Waals surface area contributed by atoms with E-state index in [1.165, 1.54) is 5.56 Å². The minimum absolute atomic E-state index is 0.559. The van der Waals surface area contributed by atoms with Crippen molar-refractivity contribution in [2.75, 3.05) is 6.61 Å². The molecule has 0 atom stereocenters. The van der Waals surface area contributed by atoms with Crippen molar-refractivity contribution in [1.29, 1.82) is 0 Å². The fourth-order valence-corrected chi connectivity index (χ4v) is 1.69. The molecule has 0 bridgehead atoms. The molecule has 0 saturated carbocycles. The summed E-state index contributed by atoms with van der Waals surface area (Å²) in [4.78, 5) is 0. The third-order valence-corrected chi connectivity index (χ3v) is 2.59. The van der Waals surface area contributed by atoms with Gasteiger partial charge in [0.2, 0.25) is 0 Å². The fraction of sp³-hybridized carbons (Fsp3) is 0.250. The molecule has 0 aliphatic rings. The van der Waals surface area contributed by atoms with Gasteiger partial charge in [0.25, 0.3) is 0 Å². The second-order valence-electron chi connectivity index (χ2n) is 4.58. The lowest BCUT2D eigenvalue weighted by Gasteiger charge is -2.08. The Kier molecular flexibility index (Phi) is 4.81. The van der Waals surface area contributed by atoms with Gasteiger partial charge < -0.3 is 14.5 Å². The molecule has 2 rings (SSSR count). The van der Waals surface area contributed by atoms with Crippen molar-refractivity contribution in [3.63, 3.8) is 0 Å². The van der Waals surface area contributed by atoms with Crippen LogP contribution < -0.4 is 10.1 Å². The molecule has 0 unspecified atom stereocenters. The van der Waals surface area contributed by atoms with Crippen LogP contribution in [0.1, 0.15) is 18.2 Å². The number of ether oxygens (including phenoxy) is 1. The predicted octanol–water partition coefficient (Wildman–Crippen LogP) is 3.52. The van der Waals surface area contributed by atoms with E-state index in [-0.39, 0.29) is 0 Å². The maximum absolute atomic E-state index is 5.61. The van der Waals surface area contributed by atoms with Gasteiger partial charge in [0.15, 0.2) is 0 Å². The molecule has 0 fully saturated rings. The zero-order chi connectivity index (χ0) is 13.5. The molecule has 2 aromatic rings. The van der Waals surface area contributed by atoms with E-state index in [9.17, 15) is 0 Å². The maximum atomic E-state index is 5.61. The summed E-state index contributed by atoms with van der Waals surface area (Å²) in [6.45, 7) is 7.84. The summed E-state index contributed by atoms with van der Waals surface area (Å²) in [7, 11) is 0. The van der Waals surface area contributed by atoms with Gasteiger partial charge in [-0.05, 0) is 42.3 Å². The molecular weight excluding hydrogens is 238 g/mol. The number of rotatable bonds is 7. The highest BCUT2D eigenvalue weighted by Crippen LogP contribution is 2.14. The van der Waals surface area contributed by atoms with Crippen LogP contribution in [0.3, 0.4) is 0 Å². The fourth-order valence-electron chi connectivity index (χ4n) is 1.69. The molecular formula is C16H19NO2. The molecule has 0 saturated heterocycles. The van der Waals surface area contributed by atoms with Crippen molar-refractivity contribution < 1.29 is 9.15 Å². The van der Waals surface area contributed by atoms with Crippen LogP contribution >= 0.6 is 0 Å². The summed E-state index contributed by atoms with van der Waals surface area (Å²) in [5, 5.41) is 3.33. The first kappa shape index (κ1) is 13.4. The van der Waals surface area contributed by atoms with Crippen molar-refractivity contribution in [2.24, 2.45) is 0 Å². The van der Waals surface area contributed by atoms with Crippen molar-refractivity contribution in [1.82, 2.24) is 5.32 Å². The largest absolute Gasteiger partial charge is 0.489 e. The molecule has 0 aliphatic heterocycles.